The molecule has 0 aromatic rings. The molecule has 2 saturated carbocycles. The molecule has 160 valence electrons. The van der Waals surface area contributed by atoms with Crippen molar-refractivity contribution in [1.82, 2.24) is 9.80 Å². The number of likely N-dealkylation sites (N-methyl/N-ethyl adjacent to an activating group) is 2. The van der Waals surface area contributed by atoms with E-state index in [4.69, 9.17) is 0 Å². The van der Waals surface area contributed by atoms with E-state index < -0.39 is 9.84 Å². The van der Waals surface area contributed by atoms with Gasteiger partial charge in [-0.25, -0.2) is 8.42 Å². The molecule has 0 aromatic heterocycles. The Morgan fingerprint density at radius 2 is 1.22 bits per heavy atom. The lowest BCUT2D eigenvalue weighted by atomic mass is 9.95. The molecule has 2 N–H and O–H groups in total. The Morgan fingerprint density at radius 1 is 0.852 bits per heavy atom. The van der Waals surface area contributed by atoms with Crippen molar-refractivity contribution in [2.24, 2.45) is 11.8 Å². The van der Waals surface area contributed by atoms with E-state index in [9.17, 15) is 18.6 Å². The van der Waals surface area contributed by atoms with Gasteiger partial charge in [0.2, 0.25) is 0 Å². The molecule has 2 aliphatic rings. The summed E-state index contributed by atoms with van der Waals surface area (Å²) >= 11 is 0. The Balaban J connectivity index is 1.86. The van der Waals surface area contributed by atoms with E-state index in [0.717, 1.165) is 38.5 Å². The Bertz CT molecular complexity index is 541. The van der Waals surface area contributed by atoms with Gasteiger partial charge in [-0.05, 0) is 64.5 Å². The lowest BCUT2D eigenvalue weighted by Gasteiger charge is -2.38. The Kier molecular flexibility index (Phi) is 7.76. The molecule has 6 nitrogen and oxygen atoms in total. The monoisotopic (exact) mass is 404 g/mol. The van der Waals surface area contributed by atoms with E-state index in [2.05, 4.69) is 23.6 Å². The van der Waals surface area contributed by atoms with Crippen molar-refractivity contribution in [3.63, 3.8) is 0 Å². The molecule has 27 heavy (non-hydrogen) atoms. The molecule has 0 bridgehead atoms. The first-order chi connectivity index (χ1) is 12.6. The van der Waals surface area contributed by atoms with Crippen molar-refractivity contribution in [2.75, 3.05) is 51.9 Å². The minimum absolute atomic E-state index is 0.0911. The van der Waals surface area contributed by atoms with Gasteiger partial charge in [0, 0.05) is 24.2 Å². The van der Waals surface area contributed by atoms with E-state index in [1.165, 1.54) is 0 Å². The average molecular weight is 405 g/mol. The summed E-state index contributed by atoms with van der Waals surface area (Å²) in [5.74, 6) is 1.40. The van der Waals surface area contributed by atoms with Crippen LogP contribution in [-0.4, -0.2) is 91.4 Å². The quantitative estimate of drug-likeness (QED) is 0.572. The number of hydrogen-bond acceptors (Lipinski definition) is 6. The standard InChI is InChI=1S/C20H40N2O4S/c1-17-5-7-19(13-17,15-23)21(3)9-11-27(25,26)12-10-22(4)20(16-24)8-6-18(2)14-20/h17-18,23-24H,5-16H2,1-4H3. The van der Waals surface area contributed by atoms with Crippen LogP contribution in [0.2, 0.25) is 0 Å². The Labute approximate surface area is 165 Å². The molecule has 0 radical (unpaired) electrons. The van der Waals surface area contributed by atoms with Gasteiger partial charge < -0.3 is 10.2 Å². The molecule has 2 rings (SSSR count). The molecule has 2 aliphatic carbocycles. The molecular formula is C20H40N2O4S. The summed E-state index contributed by atoms with van der Waals surface area (Å²) in [5, 5.41) is 19.8. The maximum atomic E-state index is 12.6. The first-order valence-corrected chi connectivity index (χ1v) is 12.2. The lowest BCUT2D eigenvalue weighted by Crippen LogP contribution is -2.50. The van der Waals surface area contributed by atoms with Gasteiger partial charge in [0.15, 0.2) is 9.84 Å². The number of aliphatic hydroxyl groups excluding tert-OH is 2. The van der Waals surface area contributed by atoms with Gasteiger partial charge in [0.25, 0.3) is 0 Å². The van der Waals surface area contributed by atoms with E-state index in [1.807, 2.05) is 14.1 Å². The van der Waals surface area contributed by atoms with Crippen LogP contribution >= 0.6 is 0 Å². The van der Waals surface area contributed by atoms with Crippen molar-refractivity contribution in [1.29, 1.82) is 0 Å². The third-order valence-corrected chi connectivity index (χ3v) is 8.95. The summed E-state index contributed by atoms with van der Waals surface area (Å²) in [7, 11) is 0.708. The fraction of sp³-hybridized carbons (Fsp3) is 1.00. The molecular weight excluding hydrogens is 364 g/mol. The van der Waals surface area contributed by atoms with Crippen molar-refractivity contribution in [2.45, 2.75) is 63.5 Å². The van der Waals surface area contributed by atoms with E-state index in [-0.39, 0.29) is 35.8 Å². The van der Waals surface area contributed by atoms with Crippen molar-refractivity contribution in [3.05, 3.63) is 0 Å². The number of hydrogen-bond donors (Lipinski definition) is 2. The van der Waals surface area contributed by atoms with Crippen LogP contribution in [0.5, 0.6) is 0 Å². The second-order valence-corrected chi connectivity index (χ2v) is 11.8. The zero-order chi connectivity index (χ0) is 20.3. The van der Waals surface area contributed by atoms with Crippen LogP contribution in [-0.2, 0) is 9.84 Å². The fourth-order valence-corrected chi connectivity index (χ4v) is 6.39. The molecule has 4 atom stereocenters. The van der Waals surface area contributed by atoms with Crippen molar-refractivity contribution < 1.29 is 18.6 Å². The molecule has 4 unspecified atom stereocenters. The minimum Gasteiger partial charge on any atom is -0.394 e. The topological polar surface area (TPSA) is 81.1 Å². The Morgan fingerprint density at radius 3 is 1.48 bits per heavy atom. The second-order valence-electron chi connectivity index (χ2n) is 9.46. The zero-order valence-electron chi connectivity index (χ0n) is 17.7. The predicted molar refractivity (Wildman–Crippen MR) is 110 cm³/mol. The van der Waals surface area contributed by atoms with E-state index in [0.29, 0.717) is 24.9 Å². The van der Waals surface area contributed by atoms with Gasteiger partial charge in [-0.15, -0.1) is 0 Å². The summed E-state index contributed by atoms with van der Waals surface area (Å²) in [4.78, 5) is 4.12. The normalized spacial score (nSPS) is 34.8. The highest BCUT2D eigenvalue weighted by Crippen LogP contribution is 2.39. The van der Waals surface area contributed by atoms with Gasteiger partial charge in [-0.3, -0.25) is 9.80 Å². The summed E-state index contributed by atoms with van der Waals surface area (Å²) in [6, 6.07) is 0. The molecule has 7 heteroatoms. The maximum Gasteiger partial charge on any atom is 0.152 e. The molecule has 0 spiro atoms. The average Bonchev–Trinajstić information content (AvgIpc) is 3.22. The SMILES string of the molecule is CC1CCC(CO)(N(C)CCS(=O)(=O)CCN(C)C2(CO)CCC(C)C2)C1. The molecule has 2 fully saturated rings. The first-order valence-electron chi connectivity index (χ1n) is 10.4. The number of sulfone groups is 1. The third-order valence-electron chi connectivity index (χ3n) is 7.35. The molecule has 0 heterocycles. The summed E-state index contributed by atoms with van der Waals surface area (Å²) in [5.41, 5.74) is -0.515. The molecule has 0 amide bonds. The maximum absolute atomic E-state index is 12.6. The summed E-state index contributed by atoms with van der Waals surface area (Å²) in [6.45, 7) is 5.49. The van der Waals surface area contributed by atoms with E-state index in [1.54, 1.807) is 0 Å². The van der Waals surface area contributed by atoms with Gasteiger partial charge in [0.1, 0.15) is 0 Å². The largest absolute Gasteiger partial charge is 0.394 e. The highest BCUT2D eigenvalue weighted by atomic mass is 32.2. The van der Waals surface area contributed by atoms with Gasteiger partial charge in [-0.2, -0.15) is 0 Å². The molecule has 0 aromatic carbocycles. The fourth-order valence-electron chi connectivity index (χ4n) is 5.09. The van der Waals surface area contributed by atoms with Crippen LogP contribution in [0.25, 0.3) is 0 Å². The van der Waals surface area contributed by atoms with Crippen LogP contribution < -0.4 is 0 Å². The molecule has 0 aliphatic heterocycles. The number of nitrogens with zero attached hydrogens (tertiary/aromatic N) is 2. The van der Waals surface area contributed by atoms with Crippen LogP contribution in [0.15, 0.2) is 0 Å². The van der Waals surface area contributed by atoms with Crippen molar-refractivity contribution >= 4 is 9.84 Å². The summed E-state index contributed by atoms with van der Waals surface area (Å²) < 4.78 is 25.2. The van der Waals surface area contributed by atoms with Crippen LogP contribution in [0.1, 0.15) is 52.4 Å². The highest BCUT2D eigenvalue weighted by molar-refractivity contribution is 7.91. The Hall–Kier alpha value is -0.210. The summed E-state index contributed by atoms with van der Waals surface area (Å²) in [6.07, 6.45) is 5.90. The lowest BCUT2D eigenvalue weighted by molar-refractivity contribution is 0.0547. The van der Waals surface area contributed by atoms with E-state index >= 15 is 0 Å². The van der Waals surface area contributed by atoms with Gasteiger partial charge >= 0.3 is 0 Å². The van der Waals surface area contributed by atoms with Crippen molar-refractivity contribution in [3.8, 4) is 0 Å². The van der Waals surface area contributed by atoms with Gasteiger partial charge in [-0.1, -0.05) is 13.8 Å². The van der Waals surface area contributed by atoms with Crippen LogP contribution in [0.3, 0.4) is 0 Å². The molecule has 0 saturated heterocycles. The number of rotatable bonds is 10. The van der Waals surface area contributed by atoms with Crippen LogP contribution in [0, 0.1) is 11.8 Å². The number of aliphatic hydroxyl groups is 2. The smallest absolute Gasteiger partial charge is 0.152 e. The zero-order valence-corrected chi connectivity index (χ0v) is 18.5. The third kappa shape index (κ3) is 5.44. The predicted octanol–water partition coefficient (Wildman–Crippen LogP) is 1.37. The second kappa shape index (κ2) is 9.08. The minimum atomic E-state index is -3.17. The first kappa shape index (κ1) is 23.1. The van der Waals surface area contributed by atoms with Gasteiger partial charge in [0.05, 0.1) is 24.7 Å². The highest BCUT2D eigenvalue weighted by Gasteiger charge is 2.41. The van der Waals surface area contributed by atoms with Crippen LogP contribution in [0.4, 0.5) is 0 Å².